The van der Waals surface area contributed by atoms with Gasteiger partial charge in [-0.3, -0.25) is 4.90 Å². The summed E-state index contributed by atoms with van der Waals surface area (Å²) in [6, 6.07) is 0.848. The molecule has 1 aliphatic heterocycles. The molecule has 18 heavy (non-hydrogen) atoms. The third-order valence-electron chi connectivity index (χ3n) is 4.10. The van der Waals surface area contributed by atoms with Crippen LogP contribution in [0.4, 0.5) is 5.82 Å². The van der Waals surface area contributed by atoms with Crippen molar-refractivity contribution in [3.63, 3.8) is 0 Å². The summed E-state index contributed by atoms with van der Waals surface area (Å²) in [7, 11) is 0. The van der Waals surface area contributed by atoms with Gasteiger partial charge in [-0.15, -0.1) is 0 Å². The van der Waals surface area contributed by atoms with E-state index in [4.69, 9.17) is 0 Å². The fourth-order valence-electron chi connectivity index (χ4n) is 3.11. The van der Waals surface area contributed by atoms with Crippen LogP contribution in [-0.4, -0.2) is 47.1 Å². The number of hydrogen-bond acceptors (Lipinski definition) is 4. The largest absolute Gasteiger partial charge is 0.353 e. The van der Waals surface area contributed by atoms with Crippen molar-refractivity contribution < 1.29 is 0 Å². The minimum Gasteiger partial charge on any atom is -0.353 e. The van der Waals surface area contributed by atoms with Gasteiger partial charge in [0.1, 0.15) is 12.1 Å². The third-order valence-corrected chi connectivity index (χ3v) is 4.66. The molecular weight excluding hydrogens is 292 g/mol. The lowest BCUT2D eigenvalue weighted by Crippen LogP contribution is -2.50. The lowest BCUT2D eigenvalue weighted by Gasteiger charge is -2.38. The molecule has 1 aliphatic carbocycles. The van der Waals surface area contributed by atoms with Crippen molar-refractivity contribution in [3.05, 3.63) is 17.0 Å². The van der Waals surface area contributed by atoms with Crippen LogP contribution < -0.4 is 4.90 Å². The van der Waals surface area contributed by atoms with Gasteiger partial charge in [0.2, 0.25) is 0 Å². The van der Waals surface area contributed by atoms with Crippen molar-refractivity contribution in [3.8, 4) is 0 Å². The summed E-state index contributed by atoms with van der Waals surface area (Å²) >= 11 is 3.53. The first kappa shape index (κ1) is 12.4. The molecule has 0 amide bonds. The molecule has 0 N–H and O–H groups in total. The maximum Gasteiger partial charge on any atom is 0.146 e. The second-order valence-electron chi connectivity index (χ2n) is 5.16. The molecule has 2 aliphatic rings. The first-order chi connectivity index (χ1) is 8.84. The Morgan fingerprint density at radius 1 is 1.11 bits per heavy atom. The highest BCUT2D eigenvalue weighted by Crippen LogP contribution is 2.27. The lowest BCUT2D eigenvalue weighted by atomic mass is 10.2. The summed E-state index contributed by atoms with van der Waals surface area (Å²) in [5.74, 6) is 1.04. The molecule has 2 fully saturated rings. The van der Waals surface area contributed by atoms with Crippen LogP contribution >= 0.6 is 15.9 Å². The summed E-state index contributed by atoms with van der Waals surface area (Å²) in [4.78, 5) is 13.4. The monoisotopic (exact) mass is 310 g/mol. The maximum atomic E-state index is 4.37. The Bertz CT molecular complexity index is 398. The highest BCUT2D eigenvalue weighted by Gasteiger charge is 2.26. The van der Waals surface area contributed by atoms with E-state index in [0.717, 1.165) is 29.4 Å². The van der Waals surface area contributed by atoms with E-state index in [0.29, 0.717) is 0 Å². The SMILES string of the molecule is Brc1cncnc1N1CCN(C2CCCC2)CC1. The molecule has 1 aromatic heterocycles. The summed E-state index contributed by atoms with van der Waals surface area (Å²) < 4.78 is 0.999. The predicted octanol–water partition coefficient (Wildman–Crippen LogP) is 2.30. The zero-order valence-corrected chi connectivity index (χ0v) is 12.1. The van der Waals surface area contributed by atoms with Gasteiger partial charge in [-0.1, -0.05) is 12.8 Å². The topological polar surface area (TPSA) is 32.3 Å². The van der Waals surface area contributed by atoms with E-state index in [-0.39, 0.29) is 0 Å². The Morgan fingerprint density at radius 2 is 1.83 bits per heavy atom. The van der Waals surface area contributed by atoms with Crippen LogP contribution in [0.25, 0.3) is 0 Å². The molecule has 4 nitrogen and oxygen atoms in total. The molecule has 0 unspecified atom stereocenters. The number of hydrogen-bond donors (Lipinski definition) is 0. The van der Waals surface area contributed by atoms with Gasteiger partial charge in [-0.25, -0.2) is 9.97 Å². The Kier molecular flexibility index (Phi) is 3.80. The zero-order chi connectivity index (χ0) is 12.4. The summed E-state index contributed by atoms with van der Waals surface area (Å²) in [5, 5.41) is 0. The van der Waals surface area contributed by atoms with E-state index >= 15 is 0 Å². The van der Waals surface area contributed by atoms with E-state index in [9.17, 15) is 0 Å². The maximum absolute atomic E-state index is 4.37. The zero-order valence-electron chi connectivity index (χ0n) is 10.6. The molecule has 1 saturated heterocycles. The second kappa shape index (κ2) is 5.53. The van der Waals surface area contributed by atoms with Crippen LogP contribution in [0.2, 0.25) is 0 Å². The normalized spacial score (nSPS) is 22.6. The second-order valence-corrected chi connectivity index (χ2v) is 6.01. The number of anilines is 1. The Balaban J connectivity index is 1.61. The Labute approximate surface area is 117 Å². The average molecular weight is 311 g/mol. The van der Waals surface area contributed by atoms with Gasteiger partial charge in [-0.2, -0.15) is 0 Å². The van der Waals surface area contributed by atoms with Crippen LogP contribution in [0, 0.1) is 0 Å². The number of halogens is 1. The van der Waals surface area contributed by atoms with Crippen molar-refractivity contribution in [1.82, 2.24) is 14.9 Å². The first-order valence-corrected chi connectivity index (χ1v) is 7.58. The van der Waals surface area contributed by atoms with Crippen LogP contribution in [0.5, 0.6) is 0 Å². The standard InChI is InChI=1S/C13H19BrN4/c14-12-9-15-10-16-13(12)18-7-5-17(6-8-18)11-3-1-2-4-11/h9-11H,1-8H2. The molecule has 0 radical (unpaired) electrons. The van der Waals surface area contributed by atoms with Gasteiger partial charge < -0.3 is 4.90 Å². The molecule has 1 aromatic rings. The van der Waals surface area contributed by atoms with E-state index in [1.807, 2.05) is 6.20 Å². The minimum absolute atomic E-state index is 0.848. The number of rotatable bonds is 2. The summed E-state index contributed by atoms with van der Waals surface area (Å²) in [6.45, 7) is 4.49. The lowest BCUT2D eigenvalue weighted by molar-refractivity contribution is 0.187. The quantitative estimate of drug-likeness (QED) is 0.839. The third kappa shape index (κ3) is 2.52. The average Bonchev–Trinajstić information content (AvgIpc) is 2.94. The van der Waals surface area contributed by atoms with E-state index in [2.05, 4.69) is 35.7 Å². The van der Waals surface area contributed by atoms with E-state index in [1.54, 1.807) is 6.33 Å². The van der Waals surface area contributed by atoms with Gasteiger partial charge in [0.25, 0.3) is 0 Å². The fraction of sp³-hybridized carbons (Fsp3) is 0.692. The number of piperazine rings is 1. The van der Waals surface area contributed by atoms with E-state index in [1.165, 1.54) is 38.8 Å². The highest BCUT2D eigenvalue weighted by atomic mass is 79.9. The minimum atomic E-state index is 0.848. The predicted molar refractivity (Wildman–Crippen MR) is 75.8 cm³/mol. The number of aromatic nitrogens is 2. The van der Waals surface area contributed by atoms with Crippen LogP contribution in [-0.2, 0) is 0 Å². The molecule has 0 spiro atoms. The van der Waals surface area contributed by atoms with Gasteiger partial charge in [0.05, 0.1) is 4.47 Å². The number of nitrogens with zero attached hydrogens (tertiary/aromatic N) is 4. The van der Waals surface area contributed by atoms with Crippen molar-refractivity contribution in [2.75, 3.05) is 31.1 Å². The highest BCUT2D eigenvalue weighted by molar-refractivity contribution is 9.10. The van der Waals surface area contributed by atoms with Crippen molar-refractivity contribution in [2.45, 2.75) is 31.7 Å². The van der Waals surface area contributed by atoms with Gasteiger partial charge >= 0.3 is 0 Å². The first-order valence-electron chi connectivity index (χ1n) is 6.79. The Morgan fingerprint density at radius 3 is 2.50 bits per heavy atom. The van der Waals surface area contributed by atoms with Gasteiger partial charge in [0, 0.05) is 38.4 Å². The molecular formula is C13H19BrN4. The van der Waals surface area contributed by atoms with Crippen LogP contribution in [0.1, 0.15) is 25.7 Å². The van der Waals surface area contributed by atoms with E-state index < -0.39 is 0 Å². The molecule has 3 rings (SSSR count). The van der Waals surface area contributed by atoms with Gasteiger partial charge in [0.15, 0.2) is 0 Å². The van der Waals surface area contributed by atoms with Crippen molar-refractivity contribution >= 4 is 21.7 Å². The molecule has 98 valence electrons. The van der Waals surface area contributed by atoms with Crippen LogP contribution in [0.15, 0.2) is 17.0 Å². The molecule has 2 heterocycles. The van der Waals surface area contributed by atoms with Crippen molar-refractivity contribution in [1.29, 1.82) is 0 Å². The molecule has 5 heteroatoms. The smallest absolute Gasteiger partial charge is 0.146 e. The molecule has 1 saturated carbocycles. The summed E-state index contributed by atoms with van der Waals surface area (Å²) in [6.07, 6.45) is 9.09. The van der Waals surface area contributed by atoms with Crippen molar-refractivity contribution in [2.24, 2.45) is 0 Å². The Hall–Kier alpha value is -0.680. The summed E-state index contributed by atoms with van der Waals surface area (Å²) in [5.41, 5.74) is 0. The molecule has 0 atom stereocenters. The molecule has 0 aromatic carbocycles. The fourth-order valence-corrected chi connectivity index (χ4v) is 3.58. The van der Waals surface area contributed by atoms with Crippen LogP contribution in [0.3, 0.4) is 0 Å². The molecule has 0 bridgehead atoms. The van der Waals surface area contributed by atoms with Gasteiger partial charge in [-0.05, 0) is 28.8 Å².